The Labute approximate surface area is 109 Å². The van der Waals surface area contributed by atoms with Crippen LogP contribution in [0.2, 0.25) is 0 Å². The second-order valence-electron chi connectivity index (χ2n) is 4.99. The van der Waals surface area contributed by atoms with Gasteiger partial charge in [-0.15, -0.1) is 0 Å². The molecule has 0 radical (unpaired) electrons. The number of aromatic nitrogens is 2. The van der Waals surface area contributed by atoms with Crippen molar-refractivity contribution in [2.24, 2.45) is 11.7 Å². The summed E-state index contributed by atoms with van der Waals surface area (Å²) in [7, 11) is 0. The quantitative estimate of drug-likeness (QED) is 0.654. The van der Waals surface area contributed by atoms with Crippen molar-refractivity contribution in [1.82, 2.24) is 14.9 Å². The Bertz CT molecular complexity index is 549. The molecular weight excluding hydrogens is 248 g/mol. The lowest BCUT2D eigenvalue weighted by Crippen LogP contribution is -2.48. The Morgan fingerprint density at radius 1 is 1.42 bits per heavy atom. The second kappa shape index (κ2) is 5.40. The highest BCUT2D eigenvalue weighted by Gasteiger charge is 2.29. The molecule has 7 heteroatoms. The van der Waals surface area contributed by atoms with E-state index in [9.17, 15) is 14.4 Å². The first-order valence-corrected chi connectivity index (χ1v) is 6.36. The number of hydrogen-bond donors (Lipinski definition) is 3. The number of likely N-dealkylation sites (tertiary alicyclic amines) is 1. The molecule has 1 fully saturated rings. The van der Waals surface area contributed by atoms with Crippen LogP contribution in [0.1, 0.15) is 30.3 Å². The Kier molecular flexibility index (Phi) is 3.84. The van der Waals surface area contributed by atoms with Gasteiger partial charge in [0, 0.05) is 18.7 Å². The Hall–Kier alpha value is -1.89. The van der Waals surface area contributed by atoms with Gasteiger partial charge in [-0.2, -0.15) is 0 Å². The summed E-state index contributed by atoms with van der Waals surface area (Å²) in [6.07, 6.45) is 1.87. The first-order chi connectivity index (χ1) is 9.01. The minimum atomic E-state index is -0.670. The van der Waals surface area contributed by atoms with Gasteiger partial charge in [0.05, 0.1) is 0 Å². The van der Waals surface area contributed by atoms with E-state index in [-0.39, 0.29) is 23.6 Å². The first-order valence-electron chi connectivity index (χ1n) is 6.36. The number of nitrogens with two attached hydrogens (primary N) is 1. The van der Waals surface area contributed by atoms with Crippen LogP contribution < -0.4 is 17.0 Å². The molecule has 1 aliphatic rings. The molecule has 2 rings (SSSR count). The number of aromatic amines is 2. The summed E-state index contributed by atoms with van der Waals surface area (Å²) < 4.78 is 0. The van der Waals surface area contributed by atoms with Gasteiger partial charge in [0.25, 0.3) is 11.5 Å². The van der Waals surface area contributed by atoms with Crippen LogP contribution >= 0.6 is 0 Å². The standard InChI is InChI=1S/C12H18N4O3/c1-7-2-3-8(5-13)6-16(7)11(18)9-4-10(17)15-12(19)14-9/h4,7-8H,2-3,5-6,13H2,1H3,(H2,14,15,17,19). The molecule has 0 bridgehead atoms. The summed E-state index contributed by atoms with van der Waals surface area (Å²) in [5.41, 5.74) is 4.43. The summed E-state index contributed by atoms with van der Waals surface area (Å²) in [4.78, 5) is 40.9. The van der Waals surface area contributed by atoms with Crippen LogP contribution in [0.25, 0.3) is 0 Å². The predicted octanol–water partition coefficient (Wildman–Crippen LogP) is -0.737. The number of hydrogen-bond acceptors (Lipinski definition) is 4. The van der Waals surface area contributed by atoms with Crippen LogP contribution in [-0.2, 0) is 0 Å². The smallest absolute Gasteiger partial charge is 0.326 e. The van der Waals surface area contributed by atoms with Crippen molar-refractivity contribution in [2.75, 3.05) is 13.1 Å². The molecule has 1 saturated heterocycles. The van der Waals surface area contributed by atoms with Gasteiger partial charge in [-0.05, 0) is 32.2 Å². The fourth-order valence-corrected chi connectivity index (χ4v) is 2.40. The van der Waals surface area contributed by atoms with Gasteiger partial charge < -0.3 is 15.6 Å². The van der Waals surface area contributed by atoms with Crippen LogP contribution in [0.15, 0.2) is 15.7 Å². The topological polar surface area (TPSA) is 112 Å². The largest absolute Gasteiger partial charge is 0.334 e. The monoisotopic (exact) mass is 266 g/mol. The van der Waals surface area contributed by atoms with Crippen molar-refractivity contribution in [3.8, 4) is 0 Å². The lowest BCUT2D eigenvalue weighted by molar-refractivity contribution is 0.0560. The van der Waals surface area contributed by atoms with E-state index >= 15 is 0 Å². The molecule has 0 aliphatic carbocycles. The third-order valence-electron chi connectivity index (χ3n) is 3.56. The fourth-order valence-electron chi connectivity index (χ4n) is 2.40. The van der Waals surface area contributed by atoms with Gasteiger partial charge in [0.15, 0.2) is 0 Å². The highest BCUT2D eigenvalue weighted by molar-refractivity contribution is 5.92. The molecule has 7 nitrogen and oxygen atoms in total. The van der Waals surface area contributed by atoms with Crippen molar-refractivity contribution in [3.63, 3.8) is 0 Å². The summed E-state index contributed by atoms with van der Waals surface area (Å²) in [5.74, 6) is -0.0530. The third kappa shape index (κ3) is 2.93. The van der Waals surface area contributed by atoms with Crippen molar-refractivity contribution < 1.29 is 4.79 Å². The molecule has 19 heavy (non-hydrogen) atoms. The average Bonchev–Trinajstić information content (AvgIpc) is 2.37. The van der Waals surface area contributed by atoms with Crippen LogP contribution in [0.3, 0.4) is 0 Å². The van der Waals surface area contributed by atoms with Gasteiger partial charge in [0.1, 0.15) is 5.69 Å². The maximum atomic E-state index is 12.3. The van der Waals surface area contributed by atoms with E-state index < -0.39 is 11.2 Å². The number of carbonyl (C=O) groups excluding carboxylic acids is 1. The summed E-state index contributed by atoms with van der Waals surface area (Å²) in [5, 5.41) is 0. The lowest BCUT2D eigenvalue weighted by atomic mass is 9.93. The van der Waals surface area contributed by atoms with E-state index in [1.807, 2.05) is 11.9 Å². The zero-order valence-electron chi connectivity index (χ0n) is 10.8. The highest BCUT2D eigenvalue weighted by Crippen LogP contribution is 2.22. The number of H-pyrrole nitrogens is 2. The van der Waals surface area contributed by atoms with Gasteiger partial charge in [-0.1, -0.05) is 0 Å². The minimum Gasteiger partial charge on any atom is -0.334 e. The van der Waals surface area contributed by atoms with Gasteiger partial charge >= 0.3 is 5.69 Å². The van der Waals surface area contributed by atoms with E-state index in [2.05, 4.69) is 4.98 Å². The lowest BCUT2D eigenvalue weighted by Gasteiger charge is -2.37. The number of piperidine rings is 1. The molecule has 1 aromatic heterocycles. The average molecular weight is 266 g/mol. The summed E-state index contributed by atoms with van der Waals surface area (Å²) >= 11 is 0. The van der Waals surface area contributed by atoms with Crippen molar-refractivity contribution >= 4 is 5.91 Å². The molecule has 1 aliphatic heterocycles. The van der Waals surface area contributed by atoms with Gasteiger partial charge in [-0.25, -0.2) is 4.79 Å². The van der Waals surface area contributed by atoms with Crippen molar-refractivity contribution in [2.45, 2.75) is 25.8 Å². The Balaban J connectivity index is 2.26. The summed E-state index contributed by atoms with van der Waals surface area (Å²) in [6.45, 7) is 3.05. The zero-order chi connectivity index (χ0) is 14.0. The molecule has 2 heterocycles. The van der Waals surface area contributed by atoms with Crippen LogP contribution in [0.5, 0.6) is 0 Å². The first kappa shape index (κ1) is 13.5. The number of amides is 1. The van der Waals surface area contributed by atoms with E-state index in [1.165, 1.54) is 0 Å². The van der Waals surface area contributed by atoms with Crippen LogP contribution in [-0.4, -0.2) is 39.9 Å². The predicted molar refractivity (Wildman–Crippen MR) is 70.0 cm³/mol. The normalized spacial score (nSPS) is 23.4. The van der Waals surface area contributed by atoms with E-state index in [1.54, 1.807) is 4.90 Å². The van der Waals surface area contributed by atoms with Gasteiger partial charge in [-0.3, -0.25) is 14.6 Å². The van der Waals surface area contributed by atoms with Crippen LogP contribution in [0.4, 0.5) is 0 Å². The Morgan fingerprint density at radius 2 is 2.16 bits per heavy atom. The van der Waals surface area contributed by atoms with E-state index in [0.29, 0.717) is 13.1 Å². The Morgan fingerprint density at radius 3 is 2.79 bits per heavy atom. The molecule has 104 valence electrons. The molecule has 0 aromatic carbocycles. The number of rotatable bonds is 2. The maximum absolute atomic E-state index is 12.3. The number of carbonyl (C=O) groups is 1. The highest BCUT2D eigenvalue weighted by atomic mass is 16.2. The molecule has 2 unspecified atom stereocenters. The zero-order valence-corrected chi connectivity index (χ0v) is 10.8. The SMILES string of the molecule is CC1CCC(CN)CN1C(=O)c1cc(=O)[nH]c(=O)[nH]1. The molecule has 1 aromatic rings. The minimum absolute atomic E-state index is 0.0262. The number of nitrogens with one attached hydrogen (secondary N) is 2. The fraction of sp³-hybridized carbons (Fsp3) is 0.583. The number of nitrogens with zero attached hydrogens (tertiary/aromatic N) is 1. The van der Waals surface area contributed by atoms with Crippen molar-refractivity contribution in [3.05, 3.63) is 32.6 Å². The molecule has 2 atom stereocenters. The van der Waals surface area contributed by atoms with Crippen molar-refractivity contribution in [1.29, 1.82) is 0 Å². The molecule has 0 spiro atoms. The molecule has 0 saturated carbocycles. The van der Waals surface area contributed by atoms with Gasteiger partial charge in [0.2, 0.25) is 0 Å². The van der Waals surface area contributed by atoms with E-state index in [4.69, 9.17) is 5.73 Å². The van der Waals surface area contributed by atoms with E-state index in [0.717, 1.165) is 18.9 Å². The molecule has 1 amide bonds. The maximum Gasteiger partial charge on any atom is 0.326 e. The van der Waals surface area contributed by atoms with Crippen LogP contribution in [0, 0.1) is 5.92 Å². The second-order valence-corrected chi connectivity index (χ2v) is 4.99. The summed E-state index contributed by atoms with van der Waals surface area (Å²) in [6, 6.07) is 1.20. The molecular formula is C12H18N4O3. The molecule has 4 N–H and O–H groups in total. The third-order valence-corrected chi connectivity index (χ3v) is 3.56.